The molecule has 3 nitrogen and oxygen atoms in total. The highest BCUT2D eigenvalue weighted by Crippen LogP contribution is 2.30. The number of H-pyrrole nitrogens is 1. The molecule has 0 saturated carbocycles. The molecule has 3 heteroatoms. The van der Waals surface area contributed by atoms with Crippen molar-refractivity contribution in [3.63, 3.8) is 0 Å². The number of methoxy groups -OCH3 is 1. The highest BCUT2D eigenvalue weighted by Gasteiger charge is 2.15. The van der Waals surface area contributed by atoms with Crippen LogP contribution in [0.1, 0.15) is 15.9 Å². The molecule has 0 aliphatic heterocycles. The van der Waals surface area contributed by atoms with Gasteiger partial charge in [-0.1, -0.05) is 18.2 Å². The van der Waals surface area contributed by atoms with Gasteiger partial charge in [-0.2, -0.15) is 0 Å². The maximum absolute atomic E-state index is 11.8. The van der Waals surface area contributed by atoms with Gasteiger partial charge in [0.15, 0.2) is 0 Å². The number of benzene rings is 2. The molecule has 3 rings (SSSR count). The Bertz CT molecular complexity index is 756. The van der Waals surface area contributed by atoms with Crippen LogP contribution in [0.15, 0.2) is 36.4 Å². The second kappa shape index (κ2) is 3.88. The Morgan fingerprint density at radius 2 is 1.72 bits per heavy atom. The Balaban J connectivity index is 2.52. The zero-order valence-electron chi connectivity index (χ0n) is 10.3. The van der Waals surface area contributed by atoms with Crippen LogP contribution in [0, 0.1) is 6.92 Å². The van der Waals surface area contributed by atoms with Gasteiger partial charge in [0, 0.05) is 21.8 Å². The zero-order valence-corrected chi connectivity index (χ0v) is 10.3. The molecule has 0 aliphatic carbocycles. The molecule has 0 spiro atoms. The first-order valence-corrected chi connectivity index (χ1v) is 5.80. The van der Waals surface area contributed by atoms with E-state index in [1.165, 1.54) is 7.11 Å². The summed E-state index contributed by atoms with van der Waals surface area (Å²) in [7, 11) is 1.41. The lowest BCUT2D eigenvalue weighted by molar-refractivity contribution is 0.0603. The van der Waals surface area contributed by atoms with Crippen LogP contribution in [0.25, 0.3) is 21.8 Å². The summed E-state index contributed by atoms with van der Waals surface area (Å²) < 4.78 is 4.85. The summed E-state index contributed by atoms with van der Waals surface area (Å²) in [5, 5.41) is 2.03. The minimum atomic E-state index is -0.301. The Hall–Kier alpha value is -2.29. The lowest BCUT2D eigenvalue weighted by Crippen LogP contribution is -2.01. The maximum atomic E-state index is 11.8. The van der Waals surface area contributed by atoms with Crippen LogP contribution in [0.2, 0.25) is 0 Å². The Morgan fingerprint density at radius 3 is 2.44 bits per heavy atom. The van der Waals surface area contributed by atoms with Gasteiger partial charge < -0.3 is 9.72 Å². The largest absolute Gasteiger partial charge is 0.465 e. The molecule has 1 N–H and O–H groups in total. The molecule has 0 amide bonds. The van der Waals surface area contributed by atoms with E-state index in [2.05, 4.69) is 4.98 Å². The summed E-state index contributed by atoms with van der Waals surface area (Å²) in [5.74, 6) is -0.301. The standard InChI is InChI=1S/C15H13NO2/c1-9-5-3-7-11-13(9)14-10(15(17)18-2)6-4-8-12(14)16-11/h3-8,16H,1-2H3. The van der Waals surface area contributed by atoms with E-state index < -0.39 is 0 Å². The molecule has 90 valence electrons. The molecule has 0 unspecified atom stereocenters. The van der Waals surface area contributed by atoms with E-state index >= 15 is 0 Å². The minimum Gasteiger partial charge on any atom is -0.465 e. The summed E-state index contributed by atoms with van der Waals surface area (Å²) in [6.07, 6.45) is 0. The SMILES string of the molecule is COC(=O)c1cccc2[nH]c3cccc(C)c3c12. The van der Waals surface area contributed by atoms with Crippen molar-refractivity contribution in [2.24, 2.45) is 0 Å². The number of esters is 1. The van der Waals surface area contributed by atoms with Gasteiger partial charge in [-0.05, 0) is 30.7 Å². The first-order chi connectivity index (χ1) is 8.72. The van der Waals surface area contributed by atoms with Gasteiger partial charge in [0.2, 0.25) is 0 Å². The quantitative estimate of drug-likeness (QED) is 0.661. The maximum Gasteiger partial charge on any atom is 0.338 e. The topological polar surface area (TPSA) is 42.1 Å². The number of nitrogens with one attached hydrogen (secondary N) is 1. The molecule has 1 heterocycles. The van der Waals surface area contributed by atoms with Crippen molar-refractivity contribution in [3.8, 4) is 0 Å². The normalized spacial score (nSPS) is 11.0. The molecule has 0 atom stereocenters. The number of aryl methyl sites for hydroxylation is 1. The first kappa shape index (κ1) is 10.8. The average molecular weight is 239 g/mol. The summed E-state index contributed by atoms with van der Waals surface area (Å²) in [6, 6.07) is 11.7. The molecule has 1 aromatic heterocycles. The lowest BCUT2D eigenvalue weighted by Gasteiger charge is -2.02. The average Bonchev–Trinajstić information content (AvgIpc) is 2.77. The second-order valence-electron chi connectivity index (χ2n) is 4.34. The number of hydrogen-bond donors (Lipinski definition) is 1. The molecule has 3 aromatic rings. The van der Waals surface area contributed by atoms with Crippen LogP contribution in [0.4, 0.5) is 0 Å². The number of carbonyl (C=O) groups is 1. The number of ether oxygens (including phenoxy) is 1. The fourth-order valence-corrected chi connectivity index (χ4v) is 2.45. The van der Waals surface area contributed by atoms with Crippen molar-refractivity contribution in [3.05, 3.63) is 47.5 Å². The number of aromatic amines is 1. The summed E-state index contributed by atoms with van der Waals surface area (Å²) in [4.78, 5) is 15.2. The van der Waals surface area contributed by atoms with Crippen LogP contribution in [0.3, 0.4) is 0 Å². The molecular weight excluding hydrogens is 226 g/mol. The van der Waals surface area contributed by atoms with Gasteiger partial charge >= 0.3 is 5.97 Å². The molecule has 0 bridgehead atoms. The van der Waals surface area contributed by atoms with Crippen LogP contribution < -0.4 is 0 Å². The minimum absolute atomic E-state index is 0.301. The van der Waals surface area contributed by atoms with E-state index in [9.17, 15) is 4.79 Å². The second-order valence-corrected chi connectivity index (χ2v) is 4.34. The highest BCUT2D eigenvalue weighted by atomic mass is 16.5. The van der Waals surface area contributed by atoms with E-state index in [1.807, 2.05) is 37.3 Å². The summed E-state index contributed by atoms with van der Waals surface area (Å²) in [5.41, 5.74) is 3.76. The Labute approximate surface area is 104 Å². The number of fused-ring (bicyclic) bond motifs is 3. The summed E-state index contributed by atoms with van der Waals surface area (Å²) >= 11 is 0. The Kier molecular flexibility index (Phi) is 2.33. The van der Waals surface area contributed by atoms with Gasteiger partial charge in [-0.15, -0.1) is 0 Å². The smallest absolute Gasteiger partial charge is 0.338 e. The zero-order chi connectivity index (χ0) is 12.7. The van der Waals surface area contributed by atoms with E-state index in [0.29, 0.717) is 5.56 Å². The fourth-order valence-electron chi connectivity index (χ4n) is 2.45. The number of rotatable bonds is 1. The third kappa shape index (κ3) is 1.40. The number of carbonyl (C=O) groups excluding carboxylic acids is 1. The predicted octanol–water partition coefficient (Wildman–Crippen LogP) is 3.42. The lowest BCUT2D eigenvalue weighted by atomic mass is 10.0. The molecule has 0 radical (unpaired) electrons. The van der Waals surface area contributed by atoms with E-state index in [-0.39, 0.29) is 5.97 Å². The van der Waals surface area contributed by atoms with Gasteiger partial charge in [0.25, 0.3) is 0 Å². The number of aromatic nitrogens is 1. The van der Waals surface area contributed by atoms with Crippen LogP contribution in [-0.2, 0) is 4.74 Å². The molecule has 18 heavy (non-hydrogen) atoms. The van der Waals surface area contributed by atoms with Crippen molar-refractivity contribution in [1.82, 2.24) is 4.98 Å². The van der Waals surface area contributed by atoms with Crippen molar-refractivity contribution >= 4 is 27.8 Å². The third-order valence-electron chi connectivity index (χ3n) is 3.26. The van der Waals surface area contributed by atoms with Crippen molar-refractivity contribution in [2.75, 3.05) is 7.11 Å². The fraction of sp³-hybridized carbons (Fsp3) is 0.133. The van der Waals surface area contributed by atoms with E-state index in [4.69, 9.17) is 4.74 Å². The molecule has 0 fully saturated rings. The van der Waals surface area contributed by atoms with Gasteiger partial charge in [0.1, 0.15) is 0 Å². The van der Waals surface area contributed by atoms with Crippen LogP contribution >= 0.6 is 0 Å². The molecule has 0 aliphatic rings. The van der Waals surface area contributed by atoms with Gasteiger partial charge in [0.05, 0.1) is 12.7 Å². The molecule has 2 aromatic carbocycles. The van der Waals surface area contributed by atoms with Crippen LogP contribution in [0.5, 0.6) is 0 Å². The molecule has 0 saturated heterocycles. The van der Waals surface area contributed by atoms with E-state index in [1.54, 1.807) is 6.07 Å². The number of hydrogen-bond acceptors (Lipinski definition) is 2. The van der Waals surface area contributed by atoms with Crippen LogP contribution in [-0.4, -0.2) is 18.1 Å². The molecular formula is C15H13NO2. The monoisotopic (exact) mass is 239 g/mol. The highest BCUT2D eigenvalue weighted by molar-refractivity contribution is 6.17. The Morgan fingerprint density at radius 1 is 1.06 bits per heavy atom. The van der Waals surface area contributed by atoms with Crippen molar-refractivity contribution in [2.45, 2.75) is 6.92 Å². The van der Waals surface area contributed by atoms with Gasteiger partial charge in [-0.25, -0.2) is 4.79 Å². The third-order valence-corrected chi connectivity index (χ3v) is 3.26. The summed E-state index contributed by atoms with van der Waals surface area (Å²) in [6.45, 7) is 2.05. The van der Waals surface area contributed by atoms with Gasteiger partial charge in [-0.3, -0.25) is 0 Å². The predicted molar refractivity (Wildman–Crippen MR) is 71.9 cm³/mol. The van der Waals surface area contributed by atoms with Crippen molar-refractivity contribution < 1.29 is 9.53 Å². The first-order valence-electron chi connectivity index (χ1n) is 5.80. The van der Waals surface area contributed by atoms with E-state index in [0.717, 1.165) is 27.4 Å². The van der Waals surface area contributed by atoms with Crippen molar-refractivity contribution in [1.29, 1.82) is 0 Å².